The van der Waals surface area contributed by atoms with Gasteiger partial charge < -0.3 is 0 Å². The van der Waals surface area contributed by atoms with E-state index in [0.717, 1.165) is 29.9 Å². The second-order valence-electron chi connectivity index (χ2n) is 5.37. The number of aromatic nitrogens is 7. The molecular weight excluding hydrogens is 278 g/mol. The first kappa shape index (κ1) is 14.4. The Bertz CT molecular complexity index is 716. The number of nitrogens with one attached hydrogen (secondary N) is 1. The molecule has 0 amide bonds. The number of pyridine rings is 1. The zero-order chi connectivity index (χ0) is 15.4. The average molecular weight is 297 g/mol. The van der Waals surface area contributed by atoms with Gasteiger partial charge in [0.1, 0.15) is 12.4 Å². The second-order valence-corrected chi connectivity index (χ2v) is 5.37. The van der Waals surface area contributed by atoms with Crippen LogP contribution in [0.2, 0.25) is 0 Å². The van der Waals surface area contributed by atoms with Crippen molar-refractivity contribution in [3.63, 3.8) is 0 Å². The van der Waals surface area contributed by atoms with Crippen LogP contribution in [0, 0.1) is 0 Å². The maximum absolute atomic E-state index is 4.48. The number of rotatable bonds is 6. The highest BCUT2D eigenvalue weighted by Crippen LogP contribution is 2.18. The van der Waals surface area contributed by atoms with E-state index in [0.29, 0.717) is 18.3 Å². The summed E-state index contributed by atoms with van der Waals surface area (Å²) >= 11 is 0. The van der Waals surface area contributed by atoms with E-state index in [9.17, 15) is 0 Å². The molecule has 3 aromatic heterocycles. The van der Waals surface area contributed by atoms with Gasteiger partial charge in [0, 0.05) is 30.1 Å². The van der Waals surface area contributed by atoms with Crippen molar-refractivity contribution in [2.45, 2.75) is 39.2 Å². The van der Waals surface area contributed by atoms with Gasteiger partial charge in [-0.1, -0.05) is 25.5 Å². The number of hydrogen-bond acceptors (Lipinski definition) is 5. The largest absolute Gasteiger partial charge is 0.265 e. The minimum absolute atomic E-state index is 0.431. The van der Waals surface area contributed by atoms with Gasteiger partial charge in [-0.2, -0.15) is 5.10 Å². The Kier molecular flexibility index (Phi) is 4.22. The van der Waals surface area contributed by atoms with E-state index in [-0.39, 0.29) is 0 Å². The van der Waals surface area contributed by atoms with Crippen molar-refractivity contribution in [2.75, 3.05) is 0 Å². The van der Waals surface area contributed by atoms with Gasteiger partial charge in [0.15, 0.2) is 5.82 Å². The van der Waals surface area contributed by atoms with Gasteiger partial charge in [-0.15, -0.1) is 5.10 Å². The molecule has 0 unspecified atom stereocenters. The Hall–Kier alpha value is -2.57. The highest BCUT2D eigenvalue weighted by atomic mass is 15.4. The zero-order valence-electron chi connectivity index (χ0n) is 12.8. The van der Waals surface area contributed by atoms with Crippen molar-refractivity contribution >= 4 is 0 Å². The van der Waals surface area contributed by atoms with E-state index < -0.39 is 0 Å². The molecule has 3 aromatic rings. The summed E-state index contributed by atoms with van der Waals surface area (Å²) < 4.78 is 1.79. The molecule has 0 radical (unpaired) electrons. The molecule has 7 heteroatoms. The third-order valence-corrected chi connectivity index (χ3v) is 3.56. The summed E-state index contributed by atoms with van der Waals surface area (Å²) in [5, 5.41) is 15.6. The molecule has 3 rings (SSSR count). The second kappa shape index (κ2) is 6.46. The van der Waals surface area contributed by atoms with Gasteiger partial charge >= 0.3 is 0 Å². The molecule has 0 bridgehead atoms. The fourth-order valence-electron chi connectivity index (χ4n) is 2.35. The smallest absolute Gasteiger partial charge is 0.181 e. The third-order valence-electron chi connectivity index (χ3n) is 3.56. The van der Waals surface area contributed by atoms with Crippen LogP contribution in [0.15, 0.2) is 30.7 Å². The zero-order valence-corrected chi connectivity index (χ0v) is 12.8. The third kappa shape index (κ3) is 3.19. The van der Waals surface area contributed by atoms with Gasteiger partial charge in [-0.25, -0.2) is 9.67 Å². The minimum atomic E-state index is 0.431. The van der Waals surface area contributed by atoms with Gasteiger partial charge in [0.05, 0.1) is 5.69 Å². The highest BCUT2D eigenvalue weighted by molar-refractivity contribution is 5.52. The molecule has 1 atom stereocenters. The van der Waals surface area contributed by atoms with Gasteiger partial charge in [-0.3, -0.25) is 10.1 Å². The molecular formula is C15H19N7. The summed E-state index contributed by atoms with van der Waals surface area (Å²) in [6, 6.07) is 3.76. The van der Waals surface area contributed by atoms with Crippen LogP contribution >= 0.6 is 0 Å². The van der Waals surface area contributed by atoms with Gasteiger partial charge in [-0.05, 0) is 18.6 Å². The number of H-pyrrole nitrogens is 1. The van der Waals surface area contributed by atoms with Crippen LogP contribution in [-0.4, -0.2) is 35.2 Å². The normalized spacial score (nSPS) is 12.5. The summed E-state index contributed by atoms with van der Waals surface area (Å²) in [7, 11) is 0. The molecule has 3 heterocycles. The van der Waals surface area contributed by atoms with Gasteiger partial charge in [0.2, 0.25) is 0 Å². The molecule has 0 saturated heterocycles. The lowest BCUT2D eigenvalue weighted by Crippen LogP contribution is -2.02. The van der Waals surface area contributed by atoms with Crippen molar-refractivity contribution in [3.05, 3.63) is 42.2 Å². The van der Waals surface area contributed by atoms with Crippen LogP contribution in [0.1, 0.15) is 44.1 Å². The molecule has 22 heavy (non-hydrogen) atoms. The summed E-state index contributed by atoms with van der Waals surface area (Å²) in [5.41, 5.74) is 1.96. The Labute approximate surface area is 128 Å². The first-order chi connectivity index (χ1) is 10.8. The lowest BCUT2D eigenvalue weighted by atomic mass is 10.0. The predicted molar refractivity (Wildman–Crippen MR) is 82.1 cm³/mol. The Morgan fingerprint density at radius 3 is 2.86 bits per heavy atom. The Morgan fingerprint density at radius 2 is 2.09 bits per heavy atom. The van der Waals surface area contributed by atoms with E-state index in [1.54, 1.807) is 17.1 Å². The molecule has 0 aliphatic heterocycles. The van der Waals surface area contributed by atoms with Gasteiger partial charge in [0.25, 0.3) is 0 Å². The number of hydrogen-bond donors (Lipinski definition) is 1. The van der Waals surface area contributed by atoms with Crippen molar-refractivity contribution < 1.29 is 0 Å². The lowest BCUT2D eigenvalue weighted by molar-refractivity contribution is 0.623. The molecule has 0 fully saturated rings. The SMILES string of the molecule is CCC[C@H](C)c1cn(Cc2nc(-c3ccncc3)n[nH]2)nn1. The van der Waals surface area contributed by atoms with Crippen molar-refractivity contribution in [1.29, 1.82) is 0 Å². The molecule has 0 saturated carbocycles. The van der Waals surface area contributed by atoms with Crippen LogP contribution in [0.5, 0.6) is 0 Å². The molecule has 7 nitrogen and oxygen atoms in total. The topological polar surface area (TPSA) is 85.2 Å². The summed E-state index contributed by atoms with van der Waals surface area (Å²) in [4.78, 5) is 8.47. The van der Waals surface area contributed by atoms with Crippen molar-refractivity contribution in [3.8, 4) is 11.4 Å². The molecule has 0 aliphatic carbocycles. The van der Waals surface area contributed by atoms with E-state index in [1.165, 1.54) is 0 Å². The molecule has 0 spiro atoms. The standard InChI is InChI=1S/C15H19N7/c1-3-4-11(2)13-9-22(21-18-13)10-14-17-15(20-19-14)12-5-7-16-8-6-12/h5-9,11H,3-4,10H2,1-2H3,(H,17,19,20)/t11-/m0/s1. The van der Waals surface area contributed by atoms with E-state index >= 15 is 0 Å². The van der Waals surface area contributed by atoms with Crippen molar-refractivity contribution in [2.24, 2.45) is 0 Å². The first-order valence-corrected chi connectivity index (χ1v) is 7.48. The van der Waals surface area contributed by atoms with E-state index in [1.807, 2.05) is 18.3 Å². The van der Waals surface area contributed by atoms with E-state index in [4.69, 9.17) is 0 Å². The Morgan fingerprint density at radius 1 is 1.27 bits per heavy atom. The number of aromatic amines is 1. The van der Waals surface area contributed by atoms with Crippen molar-refractivity contribution in [1.82, 2.24) is 35.2 Å². The predicted octanol–water partition coefficient (Wildman–Crippen LogP) is 2.41. The van der Waals surface area contributed by atoms with Crippen LogP contribution in [-0.2, 0) is 6.54 Å². The average Bonchev–Trinajstić information content (AvgIpc) is 3.18. The summed E-state index contributed by atoms with van der Waals surface area (Å²) in [6.45, 7) is 4.88. The fourth-order valence-corrected chi connectivity index (χ4v) is 2.35. The maximum Gasteiger partial charge on any atom is 0.181 e. The number of nitrogens with zero attached hydrogens (tertiary/aromatic N) is 6. The Balaban J connectivity index is 1.70. The maximum atomic E-state index is 4.48. The van der Waals surface area contributed by atoms with Crippen LogP contribution < -0.4 is 0 Å². The van der Waals surface area contributed by atoms with E-state index in [2.05, 4.69) is 44.3 Å². The monoisotopic (exact) mass is 297 g/mol. The molecule has 0 aliphatic rings. The van der Waals surface area contributed by atoms with Crippen LogP contribution in [0.25, 0.3) is 11.4 Å². The minimum Gasteiger partial charge on any atom is -0.265 e. The molecule has 0 aromatic carbocycles. The van der Waals surface area contributed by atoms with Crippen LogP contribution in [0.3, 0.4) is 0 Å². The lowest BCUT2D eigenvalue weighted by Gasteiger charge is -2.03. The quantitative estimate of drug-likeness (QED) is 0.755. The summed E-state index contributed by atoms with van der Waals surface area (Å²) in [5.74, 6) is 1.85. The fraction of sp³-hybridized carbons (Fsp3) is 0.400. The highest BCUT2D eigenvalue weighted by Gasteiger charge is 2.11. The molecule has 114 valence electrons. The van der Waals surface area contributed by atoms with Crippen LogP contribution in [0.4, 0.5) is 0 Å². The summed E-state index contributed by atoms with van der Waals surface area (Å²) in [6.07, 6.45) is 7.70. The molecule has 1 N–H and O–H groups in total. The first-order valence-electron chi connectivity index (χ1n) is 7.48.